The third-order valence-electron chi connectivity index (χ3n) is 3.92. The van der Waals surface area contributed by atoms with Gasteiger partial charge in [-0.1, -0.05) is 26.2 Å². The fraction of sp³-hybridized carbons (Fsp3) is 1.00. The Morgan fingerprint density at radius 2 is 1.90 bits per heavy atom. The third-order valence-corrected chi connectivity index (χ3v) is 3.92. The largest absolute Gasteiger partial charge is 0.389 e. The molecule has 0 aliphatic heterocycles. The highest BCUT2D eigenvalue weighted by molar-refractivity contribution is 4.79. The van der Waals surface area contributed by atoms with Crippen LogP contribution in [-0.2, 0) is 4.74 Å². The van der Waals surface area contributed by atoms with Crippen molar-refractivity contribution in [1.82, 2.24) is 5.32 Å². The number of ether oxygens (including phenoxy) is 1. The first-order valence-corrected chi connectivity index (χ1v) is 7.91. The summed E-state index contributed by atoms with van der Waals surface area (Å²) in [7, 11) is 0. The maximum Gasteiger partial charge on any atom is 0.389 e. The second-order valence-corrected chi connectivity index (χ2v) is 5.75. The molecule has 0 aromatic carbocycles. The lowest BCUT2D eigenvalue weighted by atomic mass is 9.84. The highest BCUT2D eigenvalue weighted by Crippen LogP contribution is 2.27. The van der Waals surface area contributed by atoms with Gasteiger partial charge in [0.25, 0.3) is 0 Å². The lowest BCUT2D eigenvalue weighted by Gasteiger charge is -2.31. The molecule has 0 bridgehead atoms. The normalized spacial score (nSPS) is 19.2. The predicted molar refractivity (Wildman–Crippen MR) is 74.8 cm³/mol. The van der Waals surface area contributed by atoms with Gasteiger partial charge in [0.15, 0.2) is 0 Å². The topological polar surface area (TPSA) is 21.3 Å². The average Bonchev–Trinajstić information content (AvgIpc) is 2.41. The van der Waals surface area contributed by atoms with Gasteiger partial charge < -0.3 is 10.1 Å². The molecule has 0 heterocycles. The molecule has 1 saturated carbocycles. The van der Waals surface area contributed by atoms with E-state index in [4.69, 9.17) is 4.74 Å². The Morgan fingerprint density at radius 3 is 2.50 bits per heavy atom. The summed E-state index contributed by atoms with van der Waals surface area (Å²) in [6.45, 7) is 3.82. The summed E-state index contributed by atoms with van der Waals surface area (Å²) in [5.74, 6) is 0.623. The molecule has 1 unspecified atom stereocenters. The van der Waals surface area contributed by atoms with Gasteiger partial charge in [0.05, 0.1) is 6.61 Å². The molecule has 0 radical (unpaired) electrons. The summed E-state index contributed by atoms with van der Waals surface area (Å²) in [6, 6.07) is 0.307. The number of hydrogen-bond acceptors (Lipinski definition) is 2. The summed E-state index contributed by atoms with van der Waals surface area (Å²) in [5, 5.41) is 3.50. The van der Waals surface area contributed by atoms with E-state index in [9.17, 15) is 13.2 Å². The fourth-order valence-corrected chi connectivity index (χ4v) is 2.81. The molecule has 2 nitrogen and oxygen atoms in total. The molecule has 1 fully saturated rings. The summed E-state index contributed by atoms with van der Waals surface area (Å²) in [5.41, 5.74) is 0. The van der Waals surface area contributed by atoms with Crippen molar-refractivity contribution in [2.24, 2.45) is 5.92 Å². The number of alkyl halides is 3. The van der Waals surface area contributed by atoms with Crippen LogP contribution >= 0.6 is 0 Å². The van der Waals surface area contributed by atoms with Crippen molar-refractivity contribution in [3.05, 3.63) is 0 Å². The molecule has 0 aromatic rings. The number of nitrogens with one attached hydrogen (secondary N) is 1. The van der Waals surface area contributed by atoms with Gasteiger partial charge in [0.1, 0.15) is 0 Å². The van der Waals surface area contributed by atoms with E-state index in [2.05, 4.69) is 12.2 Å². The highest BCUT2D eigenvalue weighted by Gasteiger charge is 2.26. The Morgan fingerprint density at radius 1 is 1.20 bits per heavy atom. The van der Waals surface area contributed by atoms with Crippen molar-refractivity contribution < 1.29 is 17.9 Å². The predicted octanol–water partition coefficient (Wildman–Crippen LogP) is 4.29. The minimum absolute atomic E-state index is 0.0642. The van der Waals surface area contributed by atoms with Gasteiger partial charge in [-0.15, -0.1) is 0 Å². The standard InChI is InChI=1S/C15H28F3NO/c1-2-10-19-14(13-7-4-3-5-8-13)12-20-11-6-9-15(16,17)18/h13-14,19H,2-12H2,1H3. The highest BCUT2D eigenvalue weighted by atomic mass is 19.4. The van der Waals surface area contributed by atoms with Crippen molar-refractivity contribution in [3.63, 3.8) is 0 Å². The lowest BCUT2D eigenvalue weighted by Crippen LogP contribution is -2.41. The Balaban J connectivity index is 2.22. The first kappa shape index (κ1) is 17.8. The fourth-order valence-electron chi connectivity index (χ4n) is 2.81. The van der Waals surface area contributed by atoms with Gasteiger partial charge >= 0.3 is 6.18 Å². The van der Waals surface area contributed by atoms with Crippen LogP contribution in [0, 0.1) is 5.92 Å². The van der Waals surface area contributed by atoms with Crippen LogP contribution in [0.4, 0.5) is 13.2 Å². The van der Waals surface area contributed by atoms with Crippen LogP contribution in [0.25, 0.3) is 0 Å². The molecule has 5 heteroatoms. The zero-order valence-electron chi connectivity index (χ0n) is 12.5. The Hall–Kier alpha value is -0.290. The molecule has 1 rings (SSSR count). The molecule has 1 N–H and O–H groups in total. The first-order chi connectivity index (χ1) is 9.53. The second kappa shape index (κ2) is 9.61. The van der Waals surface area contributed by atoms with Crippen molar-refractivity contribution in [3.8, 4) is 0 Å². The van der Waals surface area contributed by atoms with Gasteiger partial charge in [-0.25, -0.2) is 0 Å². The molecule has 20 heavy (non-hydrogen) atoms. The van der Waals surface area contributed by atoms with Gasteiger partial charge in [0, 0.05) is 19.1 Å². The van der Waals surface area contributed by atoms with E-state index in [1.807, 2.05) is 0 Å². The third kappa shape index (κ3) is 8.10. The number of halogens is 3. The quantitative estimate of drug-likeness (QED) is 0.641. The van der Waals surface area contributed by atoms with Crippen molar-refractivity contribution >= 4 is 0 Å². The van der Waals surface area contributed by atoms with Crippen molar-refractivity contribution in [2.75, 3.05) is 19.8 Å². The van der Waals surface area contributed by atoms with E-state index >= 15 is 0 Å². The number of rotatable bonds is 9. The van der Waals surface area contributed by atoms with E-state index in [1.54, 1.807) is 0 Å². The van der Waals surface area contributed by atoms with Crippen LogP contribution in [0.5, 0.6) is 0 Å². The van der Waals surface area contributed by atoms with E-state index in [-0.39, 0.29) is 13.0 Å². The Kier molecular flexibility index (Phi) is 8.53. The summed E-state index contributed by atoms with van der Waals surface area (Å²) >= 11 is 0. The van der Waals surface area contributed by atoms with Crippen LogP contribution in [0.3, 0.4) is 0 Å². The van der Waals surface area contributed by atoms with Gasteiger partial charge in [-0.2, -0.15) is 13.2 Å². The lowest BCUT2D eigenvalue weighted by molar-refractivity contribution is -0.138. The average molecular weight is 295 g/mol. The van der Waals surface area contributed by atoms with Crippen LogP contribution in [0.15, 0.2) is 0 Å². The van der Waals surface area contributed by atoms with Crippen LogP contribution < -0.4 is 5.32 Å². The molecule has 1 aliphatic rings. The molecule has 120 valence electrons. The molecule has 0 amide bonds. The molecule has 0 aromatic heterocycles. The maximum atomic E-state index is 12.0. The van der Waals surface area contributed by atoms with E-state index in [1.165, 1.54) is 32.1 Å². The van der Waals surface area contributed by atoms with Crippen LogP contribution in [0.1, 0.15) is 58.3 Å². The minimum atomic E-state index is -4.06. The molecular formula is C15H28F3NO. The SMILES string of the molecule is CCCNC(COCCCC(F)(F)F)C1CCCCC1. The van der Waals surface area contributed by atoms with E-state index in [0.29, 0.717) is 18.6 Å². The zero-order chi connectivity index (χ0) is 14.8. The minimum Gasteiger partial charge on any atom is -0.380 e. The maximum absolute atomic E-state index is 12.0. The van der Waals surface area contributed by atoms with Gasteiger partial charge in [0.2, 0.25) is 0 Å². The summed E-state index contributed by atoms with van der Waals surface area (Å²) in [4.78, 5) is 0. The molecule has 1 aliphatic carbocycles. The second-order valence-electron chi connectivity index (χ2n) is 5.75. The van der Waals surface area contributed by atoms with Crippen molar-refractivity contribution in [1.29, 1.82) is 0 Å². The first-order valence-electron chi connectivity index (χ1n) is 7.91. The summed E-state index contributed by atoms with van der Waals surface area (Å²) < 4.78 is 41.6. The van der Waals surface area contributed by atoms with Gasteiger partial charge in [-0.05, 0) is 38.1 Å². The molecule has 0 saturated heterocycles. The smallest absolute Gasteiger partial charge is 0.380 e. The summed E-state index contributed by atoms with van der Waals surface area (Å²) in [6.07, 6.45) is 2.60. The molecule has 0 spiro atoms. The van der Waals surface area contributed by atoms with Crippen LogP contribution in [0.2, 0.25) is 0 Å². The van der Waals surface area contributed by atoms with E-state index < -0.39 is 12.6 Å². The molecule has 1 atom stereocenters. The van der Waals surface area contributed by atoms with Crippen LogP contribution in [-0.4, -0.2) is 32.0 Å². The monoisotopic (exact) mass is 295 g/mol. The molecular weight excluding hydrogens is 267 g/mol. The Labute approximate surface area is 120 Å². The Bertz CT molecular complexity index is 240. The van der Waals surface area contributed by atoms with E-state index in [0.717, 1.165) is 13.0 Å². The van der Waals surface area contributed by atoms with Crippen molar-refractivity contribution in [2.45, 2.75) is 70.5 Å². The van der Waals surface area contributed by atoms with Gasteiger partial charge in [-0.3, -0.25) is 0 Å². The number of hydrogen-bond donors (Lipinski definition) is 1. The zero-order valence-corrected chi connectivity index (χ0v) is 12.5.